The zero-order valence-electron chi connectivity index (χ0n) is 15.7. The van der Waals surface area contributed by atoms with E-state index in [2.05, 4.69) is 38.1 Å². The van der Waals surface area contributed by atoms with Crippen molar-refractivity contribution in [1.29, 1.82) is 0 Å². The van der Waals surface area contributed by atoms with Crippen LogP contribution >= 0.6 is 35.3 Å². The summed E-state index contributed by atoms with van der Waals surface area (Å²) in [7, 11) is 1.75. The second-order valence-corrected chi connectivity index (χ2v) is 6.72. The number of thiazole rings is 1. The topological polar surface area (TPSA) is 75.3 Å². The zero-order valence-corrected chi connectivity index (χ0v) is 18.8. The molecule has 0 aliphatic heterocycles. The van der Waals surface area contributed by atoms with Gasteiger partial charge in [0.05, 0.1) is 17.9 Å². The summed E-state index contributed by atoms with van der Waals surface area (Å²) in [5.74, 6) is 2.23. The number of nitrogens with one attached hydrogen (secondary N) is 2. The highest BCUT2D eigenvalue weighted by Crippen LogP contribution is 2.23. The van der Waals surface area contributed by atoms with Crippen molar-refractivity contribution < 1.29 is 4.42 Å². The Hall–Kier alpha value is -1.94. The predicted molar refractivity (Wildman–Crippen MR) is 121 cm³/mol. The predicted octanol–water partition coefficient (Wildman–Crippen LogP) is 3.94. The molecule has 6 nitrogen and oxygen atoms in total. The maximum absolute atomic E-state index is 5.56. The summed E-state index contributed by atoms with van der Waals surface area (Å²) in [5.41, 5.74) is 3.16. The number of aliphatic imine (C=N–C) groups is 1. The molecule has 3 rings (SSSR count). The van der Waals surface area contributed by atoms with E-state index >= 15 is 0 Å². The molecule has 2 N–H and O–H groups in total. The highest BCUT2D eigenvalue weighted by molar-refractivity contribution is 14.0. The smallest absolute Gasteiger partial charge is 0.214 e. The number of rotatable bonds is 6. The van der Waals surface area contributed by atoms with Crippen LogP contribution < -0.4 is 10.6 Å². The lowest BCUT2D eigenvalue weighted by Crippen LogP contribution is -2.37. The van der Waals surface area contributed by atoms with Crippen LogP contribution in [0.15, 0.2) is 45.1 Å². The van der Waals surface area contributed by atoms with Crippen LogP contribution in [0.5, 0.6) is 0 Å². The summed E-state index contributed by atoms with van der Waals surface area (Å²) < 4.78 is 5.56. The van der Waals surface area contributed by atoms with Crippen LogP contribution in [-0.2, 0) is 13.0 Å². The van der Waals surface area contributed by atoms with Gasteiger partial charge in [-0.15, -0.1) is 35.3 Å². The Morgan fingerprint density at radius 3 is 2.59 bits per heavy atom. The van der Waals surface area contributed by atoms with E-state index in [-0.39, 0.29) is 24.0 Å². The summed E-state index contributed by atoms with van der Waals surface area (Å²) >= 11 is 1.67. The number of nitrogens with zero attached hydrogens (tertiary/aromatic N) is 3. The molecule has 0 fully saturated rings. The Morgan fingerprint density at radius 2 is 1.93 bits per heavy atom. The third-order valence-electron chi connectivity index (χ3n) is 3.95. The van der Waals surface area contributed by atoms with Crippen molar-refractivity contribution in [1.82, 2.24) is 20.6 Å². The number of hydrogen-bond donors (Lipinski definition) is 2. The van der Waals surface area contributed by atoms with Gasteiger partial charge in [-0.2, -0.15) is 0 Å². The summed E-state index contributed by atoms with van der Waals surface area (Å²) in [6, 6.07) is 10.2. The first kappa shape index (κ1) is 21.4. The van der Waals surface area contributed by atoms with Gasteiger partial charge in [-0.05, 0) is 13.8 Å². The zero-order chi connectivity index (χ0) is 18.4. The minimum atomic E-state index is 0. The molecule has 27 heavy (non-hydrogen) atoms. The molecule has 0 amide bonds. The minimum Gasteiger partial charge on any atom is -0.444 e. The van der Waals surface area contributed by atoms with Gasteiger partial charge in [0.1, 0.15) is 10.8 Å². The second-order valence-electron chi connectivity index (χ2n) is 5.86. The van der Waals surface area contributed by atoms with E-state index < -0.39 is 0 Å². The van der Waals surface area contributed by atoms with E-state index in [9.17, 15) is 0 Å². The Kier molecular flexibility index (Phi) is 8.23. The van der Waals surface area contributed by atoms with E-state index in [1.165, 1.54) is 0 Å². The van der Waals surface area contributed by atoms with Crippen molar-refractivity contribution in [3.05, 3.63) is 58.8 Å². The Labute approximate surface area is 180 Å². The van der Waals surface area contributed by atoms with Crippen LogP contribution in [0.25, 0.3) is 10.6 Å². The number of aryl methyl sites for hydroxylation is 2. The Balaban J connectivity index is 0.00000261. The molecule has 2 heterocycles. The van der Waals surface area contributed by atoms with Crippen molar-refractivity contribution in [3.8, 4) is 10.6 Å². The van der Waals surface area contributed by atoms with Gasteiger partial charge in [-0.3, -0.25) is 4.99 Å². The van der Waals surface area contributed by atoms with Crippen LogP contribution in [0.3, 0.4) is 0 Å². The molecule has 1 aromatic carbocycles. The molecule has 2 aromatic heterocycles. The molecule has 0 unspecified atom stereocenters. The first-order valence-corrected chi connectivity index (χ1v) is 9.41. The van der Waals surface area contributed by atoms with Gasteiger partial charge < -0.3 is 15.1 Å². The average molecular weight is 497 g/mol. The quantitative estimate of drug-likeness (QED) is 0.307. The lowest BCUT2D eigenvalue weighted by atomic mass is 10.2. The van der Waals surface area contributed by atoms with Gasteiger partial charge in [-0.25, -0.2) is 9.97 Å². The molecule has 0 spiro atoms. The standard InChI is InChI=1S/C19H23N5OS.HI/c1-13-14(2)25-17(23-13)11-22-19(20-3)21-10-9-16-12-26-18(24-16)15-7-5-4-6-8-15;/h4-8,12H,9-11H2,1-3H3,(H2,20,21,22);1H. The lowest BCUT2D eigenvalue weighted by molar-refractivity contribution is 0.463. The van der Waals surface area contributed by atoms with Crippen molar-refractivity contribution in [3.63, 3.8) is 0 Å². The molecule has 0 saturated heterocycles. The third kappa shape index (κ3) is 6.03. The van der Waals surface area contributed by atoms with Crippen molar-refractivity contribution in [2.45, 2.75) is 26.8 Å². The van der Waals surface area contributed by atoms with Gasteiger partial charge >= 0.3 is 0 Å². The van der Waals surface area contributed by atoms with E-state index in [0.717, 1.165) is 46.6 Å². The maximum atomic E-state index is 5.56. The number of benzene rings is 1. The molecule has 3 aromatic rings. The molecule has 0 atom stereocenters. The molecule has 8 heteroatoms. The Bertz CT molecular complexity index is 856. The number of oxazole rings is 1. The minimum absolute atomic E-state index is 0. The number of halogens is 1. The highest BCUT2D eigenvalue weighted by atomic mass is 127. The number of hydrogen-bond acceptors (Lipinski definition) is 5. The summed E-state index contributed by atoms with van der Waals surface area (Å²) in [6.45, 7) is 5.11. The molecular weight excluding hydrogens is 473 g/mol. The molecular formula is C19H24IN5OS. The van der Waals surface area contributed by atoms with Crippen LogP contribution in [0.1, 0.15) is 23.0 Å². The van der Waals surface area contributed by atoms with Crippen molar-refractivity contribution in [2.75, 3.05) is 13.6 Å². The van der Waals surface area contributed by atoms with Crippen molar-refractivity contribution >= 4 is 41.3 Å². The summed E-state index contributed by atoms with van der Waals surface area (Å²) in [6.07, 6.45) is 0.835. The Morgan fingerprint density at radius 1 is 1.15 bits per heavy atom. The largest absolute Gasteiger partial charge is 0.444 e. The van der Waals surface area contributed by atoms with Gasteiger partial charge in [-0.1, -0.05) is 30.3 Å². The van der Waals surface area contributed by atoms with E-state index in [4.69, 9.17) is 9.40 Å². The summed E-state index contributed by atoms with van der Waals surface area (Å²) in [4.78, 5) is 13.3. The fraction of sp³-hybridized carbons (Fsp3) is 0.316. The molecule has 0 aliphatic rings. The molecule has 144 valence electrons. The first-order valence-electron chi connectivity index (χ1n) is 8.53. The second kappa shape index (κ2) is 10.4. The van der Waals surface area contributed by atoms with Gasteiger partial charge in [0.2, 0.25) is 5.89 Å². The van der Waals surface area contributed by atoms with Crippen LogP contribution in [-0.4, -0.2) is 29.5 Å². The van der Waals surface area contributed by atoms with Crippen molar-refractivity contribution in [2.24, 2.45) is 4.99 Å². The van der Waals surface area contributed by atoms with Crippen LogP contribution in [0, 0.1) is 13.8 Å². The lowest BCUT2D eigenvalue weighted by Gasteiger charge is -2.09. The van der Waals surface area contributed by atoms with Gasteiger partial charge in [0.15, 0.2) is 5.96 Å². The monoisotopic (exact) mass is 497 g/mol. The average Bonchev–Trinajstić information content (AvgIpc) is 3.25. The fourth-order valence-electron chi connectivity index (χ4n) is 2.44. The van der Waals surface area contributed by atoms with E-state index in [1.54, 1.807) is 18.4 Å². The van der Waals surface area contributed by atoms with E-state index in [1.807, 2.05) is 32.0 Å². The highest BCUT2D eigenvalue weighted by Gasteiger charge is 2.07. The van der Waals surface area contributed by atoms with Gasteiger partial charge in [0.25, 0.3) is 0 Å². The molecule has 0 radical (unpaired) electrons. The molecule has 0 bridgehead atoms. The maximum Gasteiger partial charge on any atom is 0.214 e. The number of aromatic nitrogens is 2. The van der Waals surface area contributed by atoms with E-state index in [0.29, 0.717) is 12.4 Å². The van der Waals surface area contributed by atoms with Crippen LogP contribution in [0.4, 0.5) is 0 Å². The first-order chi connectivity index (χ1) is 12.7. The molecule has 0 saturated carbocycles. The van der Waals surface area contributed by atoms with Crippen LogP contribution in [0.2, 0.25) is 0 Å². The normalized spacial score (nSPS) is 11.1. The van der Waals surface area contributed by atoms with Gasteiger partial charge in [0, 0.05) is 31.0 Å². The third-order valence-corrected chi connectivity index (χ3v) is 4.89. The number of guanidine groups is 1. The summed E-state index contributed by atoms with van der Waals surface area (Å²) in [5, 5.41) is 9.66. The fourth-order valence-corrected chi connectivity index (χ4v) is 3.30. The SMILES string of the molecule is CN=C(NCCc1csc(-c2ccccc2)n1)NCc1nc(C)c(C)o1.I. The molecule has 0 aliphatic carbocycles.